The van der Waals surface area contributed by atoms with E-state index >= 15 is 0 Å². The number of hydrogen-bond acceptors (Lipinski definition) is 8. The van der Waals surface area contributed by atoms with E-state index in [0.29, 0.717) is 16.0 Å². The summed E-state index contributed by atoms with van der Waals surface area (Å²) in [4.78, 5) is 8.40. The van der Waals surface area contributed by atoms with Crippen molar-refractivity contribution in [3.63, 3.8) is 0 Å². The van der Waals surface area contributed by atoms with Gasteiger partial charge in [-0.25, -0.2) is 18.5 Å². The number of nitrogens with two attached hydrogens (primary N) is 1. The maximum Gasteiger partial charge on any atom is 0.247 e. The molecule has 2 rings (SSSR count). The first-order valence-corrected chi connectivity index (χ1v) is 9.74. The summed E-state index contributed by atoms with van der Waals surface area (Å²) in [7, 11) is -3.72. The molecule has 2 aromatic rings. The normalized spacial score (nSPS) is 14.3. The molecule has 2 heterocycles. The summed E-state index contributed by atoms with van der Waals surface area (Å²) in [6, 6.07) is 1.21. The third kappa shape index (κ3) is 4.85. The molecule has 0 saturated carbocycles. The van der Waals surface area contributed by atoms with Crippen molar-refractivity contribution in [2.75, 3.05) is 10.6 Å². The molecule has 0 aliphatic heterocycles. The second kappa shape index (κ2) is 7.09. The molecule has 2 atom stereocenters. The SMILES string of the molecule is CC(O)C(C)Nc1nc(Nc2csc(S(N)(=O)=O)c2)ncc1Br. The highest BCUT2D eigenvalue weighted by Gasteiger charge is 2.14. The van der Waals surface area contributed by atoms with Crippen LogP contribution in [-0.2, 0) is 10.0 Å². The number of hydrogen-bond donors (Lipinski definition) is 4. The van der Waals surface area contributed by atoms with E-state index < -0.39 is 16.1 Å². The van der Waals surface area contributed by atoms with Crippen LogP contribution in [0.1, 0.15) is 13.8 Å². The van der Waals surface area contributed by atoms with Crippen molar-refractivity contribution in [2.24, 2.45) is 5.14 Å². The Kier molecular flexibility index (Phi) is 5.57. The molecule has 0 aliphatic carbocycles. The van der Waals surface area contributed by atoms with Crippen LogP contribution in [0.15, 0.2) is 26.3 Å². The van der Waals surface area contributed by atoms with Crippen LogP contribution < -0.4 is 15.8 Å². The first-order valence-electron chi connectivity index (χ1n) is 6.52. The van der Waals surface area contributed by atoms with E-state index in [2.05, 4.69) is 36.5 Å². The molecule has 2 unspecified atom stereocenters. The first-order chi connectivity index (χ1) is 10.7. The summed E-state index contributed by atoms with van der Waals surface area (Å²) < 4.78 is 23.2. The van der Waals surface area contributed by atoms with Crippen molar-refractivity contribution in [3.05, 3.63) is 22.1 Å². The van der Waals surface area contributed by atoms with Crippen LogP contribution in [-0.4, -0.2) is 35.6 Å². The Morgan fingerprint density at radius 3 is 2.70 bits per heavy atom. The Morgan fingerprint density at radius 1 is 1.43 bits per heavy atom. The van der Waals surface area contributed by atoms with Gasteiger partial charge in [-0.15, -0.1) is 11.3 Å². The largest absolute Gasteiger partial charge is 0.391 e. The minimum Gasteiger partial charge on any atom is -0.391 e. The minimum absolute atomic E-state index is 0.0539. The predicted molar refractivity (Wildman–Crippen MR) is 93.5 cm³/mol. The Labute approximate surface area is 146 Å². The summed E-state index contributed by atoms with van der Waals surface area (Å²) >= 11 is 4.34. The van der Waals surface area contributed by atoms with Gasteiger partial charge in [0.25, 0.3) is 0 Å². The first kappa shape index (κ1) is 18.1. The zero-order valence-corrected chi connectivity index (χ0v) is 15.5. The summed E-state index contributed by atoms with van der Waals surface area (Å²) in [5.74, 6) is 0.796. The second-order valence-electron chi connectivity index (χ2n) is 4.89. The van der Waals surface area contributed by atoms with Crippen molar-refractivity contribution in [1.82, 2.24) is 9.97 Å². The average Bonchev–Trinajstić information content (AvgIpc) is 2.91. The van der Waals surface area contributed by atoms with Crippen LogP contribution in [0.25, 0.3) is 0 Å². The fraction of sp³-hybridized carbons (Fsp3) is 0.333. The van der Waals surface area contributed by atoms with E-state index in [9.17, 15) is 13.5 Å². The highest BCUT2D eigenvalue weighted by molar-refractivity contribution is 9.10. The molecule has 0 radical (unpaired) electrons. The topological polar surface area (TPSA) is 130 Å². The van der Waals surface area contributed by atoms with Gasteiger partial charge in [0.1, 0.15) is 10.0 Å². The molecule has 0 aromatic carbocycles. The number of nitrogens with one attached hydrogen (secondary N) is 2. The summed E-state index contributed by atoms with van der Waals surface area (Å²) in [5.41, 5.74) is 0.524. The molecule has 23 heavy (non-hydrogen) atoms. The lowest BCUT2D eigenvalue weighted by Gasteiger charge is -2.18. The molecular formula is C12H16BrN5O3S2. The van der Waals surface area contributed by atoms with E-state index in [1.165, 1.54) is 6.07 Å². The molecule has 126 valence electrons. The van der Waals surface area contributed by atoms with E-state index in [1.54, 1.807) is 18.5 Å². The van der Waals surface area contributed by atoms with Crippen LogP contribution in [0, 0.1) is 0 Å². The molecule has 0 aliphatic rings. The van der Waals surface area contributed by atoms with Gasteiger partial charge in [0.2, 0.25) is 16.0 Å². The molecule has 8 nitrogen and oxygen atoms in total. The van der Waals surface area contributed by atoms with Crippen molar-refractivity contribution in [2.45, 2.75) is 30.2 Å². The van der Waals surface area contributed by atoms with Gasteiger partial charge in [-0.2, -0.15) is 4.98 Å². The third-order valence-corrected chi connectivity index (χ3v) is 5.91. The predicted octanol–water partition coefficient (Wildman–Crippen LogP) is 1.87. The number of rotatable bonds is 6. The maximum atomic E-state index is 11.3. The van der Waals surface area contributed by atoms with E-state index in [0.717, 1.165) is 11.3 Å². The zero-order valence-electron chi connectivity index (χ0n) is 12.3. The zero-order chi connectivity index (χ0) is 17.2. The molecular weight excluding hydrogens is 406 g/mol. The lowest BCUT2D eigenvalue weighted by Crippen LogP contribution is -2.28. The van der Waals surface area contributed by atoms with Gasteiger partial charge in [-0.1, -0.05) is 0 Å². The standard InChI is InChI=1S/C12H16BrN5O3S2/c1-6(7(2)19)16-11-9(13)4-15-12(18-11)17-8-3-10(22-5-8)23(14,20)21/h3-7,19H,1-2H3,(H2,14,20,21)(H2,15,16,17,18). The number of halogens is 1. The Hall–Kier alpha value is -1.27. The highest BCUT2D eigenvalue weighted by Crippen LogP contribution is 2.26. The molecule has 2 aromatic heterocycles. The van der Waals surface area contributed by atoms with Gasteiger partial charge >= 0.3 is 0 Å². The number of primary sulfonamides is 1. The van der Waals surface area contributed by atoms with Gasteiger partial charge < -0.3 is 15.7 Å². The number of aliphatic hydroxyl groups excluding tert-OH is 1. The molecule has 11 heteroatoms. The molecule has 5 N–H and O–H groups in total. The van der Waals surface area contributed by atoms with Crippen molar-refractivity contribution < 1.29 is 13.5 Å². The van der Waals surface area contributed by atoms with Crippen LogP contribution >= 0.6 is 27.3 Å². The van der Waals surface area contributed by atoms with Crippen LogP contribution in [0.2, 0.25) is 0 Å². The van der Waals surface area contributed by atoms with Gasteiger partial charge in [-0.3, -0.25) is 0 Å². The lowest BCUT2D eigenvalue weighted by atomic mass is 10.2. The average molecular weight is 422 g/mol. The molecule has 0 bridgehead atoms. The minimum atomic E-state index is -3.72. The summed E-state index contributed by atoms with van der Waals surface area (Å²) in [6.07, 6.45) is 1.00. The van der Waals surface area contributed by atoms with Gasteiger partial charge in [0.15, 0.2) is 0 Å². The number of nitrogens with zero attached hydrogens (tertiary/aromatic N) is 2. The highest BCUT2D eigenvalue weighted by atomic mass is 79.9. The fourth-order valence-corrected chi connectivity index (χ4v) is 3.37. The molecule has 0 amide bonds. The van der Waals surface area contributed by atoms with Crippen molar-refractivity contribution in [3.8, 4) is 0 Å². The van der Waals surface area contributed by atoms with Crippen LogP contribution in [0.4, 0.5) is 17.5 Å². The summed E-state index contributed by atoms with van der Waals surface area (Å²) in [6.45, 7) is 3.50. The van der Waals surface area contributed by atoms with E-state index in [-0.39, 0.29) is 16.2 Å². The monoisotopic (exact) mass is 421 g/mol. The van der Waals surface area contributed by atoms with E-state index in [4.69, 9.17) is 5.14 Å². The number of anilines is 3. The third-order valence-electron chi connectivity index (χ3n) is 2.94. The Balaban J connectivity index is 2.19. The van der Waals surface area contributed by atoms with Crippen molar-refractivity contribution >= 4 is 54.7 Å². The fourth-order valence-electron chi connectivity index (χ4n) is 1.53. The molecule has 0 saturated heterocycles. The van der Waals surface area contributed by atoms with Gasteiger partial charge in [0, 0.05) is 11.6 Å². The summed E-state index contributed by atoms with van der Waals surface area (Å²) in [5, 5.41) is 22.2. The second-order valence-corrected chi connectivity index (χ2v) is 8.44. The molecule has 0 fully saturated rings. The van der Waals surface area contributed by atoms with Crippen molar-refractivity contribution in [1.29, 1.82) is 0 Å². The smallest absolute Gasteiger partial charge is 0.247 e. The van der Waals surface area contributed by atoms with Crippen LogP contribution in [0.3, 0.4) is 0 Å². The van der Waals surface area contributed by atoms with E-state index in [1.807, 2.05) is 6.92 Å². The Morgan fingerprint density at radius 2 is 2.13 bits per heavy atom. The quantitative estimate of drug-likeness (QED) is 0.559. The Bertz CT molecular complexity index is 794. The number of sulfonamides is 1. The maximum absolute atomic E-state index is 11.3. The van der Waals surface area contributed by atoms with Crippen LogP contribution in [0.5, 0.6) is 0 Å². The van der Waals surface area contributed by atoms with Gasteiger partial charge in [-0.05, 0) is 35.8 Å². The van der Waals surface area contributed by atoms with Gasteiger partial charge in [0.05, 0.1) is 22.3 Å². The number of aliphatic hydroxyl groups is 1. The number of aromatic nitrogens is 2. The lowest BCUT2D eigenvalue weighted by molar-refractivity contribution is 0.177. The number of thiophene rings is 1. The molecule has 0 spiro atoms.